The van der Waals surface area contributed by atoms with E-state index in [0.717, 1.165) is 37.7 Å². The number of carbonyl (C=O) groups excluding carboxylic acids is 2. The minimum Gasteiger partial charge on any atom is -0.472 e. The third kappa shape index (κ3) is 5.93. The predicted molar refractivity (Wildman–Crippen MR) is 154 cm³/mol. The summed E-state index contributed by atoms with van der Waals surface area (Å²) >= 11 is 8.50. The molecule has 2 aliphatic carbocycles. The molecule has 1 aromatic heterocycles. The molecule has 0 aromatic carbocycles. The number of aldehydes is 1. The summed E-state index contributed by atoms with van der Waals surface area (Å²) in [7, 11) is 0. The third-order valence-electron chi connectivity index (χ3n) is 8.12. The molecule has 3 aliphatic rings. The number of rotatable bonds is 11. The van der Waals surface area contributed by atoms with E-state index >= 15 is 8.78 Å². The van der Waals surface area contributed by atoms with E-state index in [1.54, 1.807) is 30.8 Å². The second kappa shape index (κ2) is 11.7. The van der Waals surface area contributed by atoms with Crippen molar-refractivity contribution >= 4 is 46.7 Å². The predicted octanol–water partition coefficient (Wildman–Crippen LogP) is 7.49. The van der Waals surface area contributed by atoms with E-state index in [4.69, 9.17) is 21.8 Å². The number of hydrogen-bond acceptors (Lipinski definition) is 6. The smallest absolute Gasteiger partial charge is 0.293 e. The first-order valence-electron chi connectivity index (χ1n) is 13.4. The van der Waals surface area contributed by atoms with Crippen LogP contribution in [0.1, 0.15) is 64.4 Å². The third-order valence-corrected chi connectivity index (χ3v) is 10.1. The molecule has 3 unspecified atom stereocenters. The van der Waals surface area contributed by atoms with Crippen LogP contribution in [0.15, 0.2) is 69.1 Å². The average Bonchev–Trinajstić information content (AvgIpc) is 3.49. The van der Waals surface area contributed by atoms with E-state index < -0.39 is 16.2 Å². The first kappa shape index (κ1) is 29.7. The summed E-state index contributed by atoms with van der Waals surface area (Å²) in [5, 5.41) is 0.145. The molecular weight excluding hydrogens is 542 g/mol. The first-order chi connectivity index (χ1) is 18.5. The van der Waals surface area contributed by atoms with E-state index in [9.17, 15) is 9.59 Å². The van der Waals surface area contributed by atoms with Gasteiger partial charge < -0.3 is 14.9 Å². The van der Waals surface area contributed by atoms with Crippen LogP contribution in [0.3, 0.4) is 0 Å². The molecule has 210 valence electrons. The van der Waals surface area contributed by atoms with Crippen LogP contribution in [0.25, 0.3) is 5.57 Å². The van der Waals surface area contributed by atoms with Crippen LogP contribution in [0.2, 0.25) is 0 Å². The highest BCUT2D eigenvalue weighted by atomic mass is 35.5. The Kier molecular flexibility index (Phi) is 8.89. The van der Waals surface area contributed by atoms with Gasteiger partial charge in [-0.2, -0.15) is 8.78 Å². The standard InChI is InChI=1S/C30H35ClF2N2O3S/c1-4-19(17-36)10-14-39-29(34)11-6-7-20(8-12-29)25(37)24-26(31)28(3)16-22(21-9-13-38-18-21)15-23(27(28)35-24)30(32,33)5-2/h5,9,13,15-20H,2,4,6-8,10-12,14,34H2,1,3H3/t19?,20?,28-,29?/m0/s1. The lowest BCUT2D eigenvalue weighted by Crippen LogP contribution is -2.36. The Hall–Kier alpha value is -2.29. The highest BCUT2D eigenvalue weighted by molar-refractivity contribution is 8.00. The Morgan fingerprint density at radius 1 is 1.41 bits per heavy atom. The second-order valence-corrected chi connectivity index (χ2v) is 12.7. The van der Waals surface area contributed by atoms with E-state index in [1.165, 1.54) is 18.6 Å². The van der Waals surface area contributed by atoms with Crippen LogP contribution in [0.4, 0.5) is 8.78 Å². The summed E-state index contributed by atoms with van der Waals surface area (Å²) in [6.07, 6.45) is 12.6. The van der Waals surface area contributed by atoms with Gasteiger partial charge in [0, 0.05) is 23.0 Å². The number of ketones is 1. The fourth-order valence-corrected chi connectivity index (χ4v) is 7.17. The van der Waals surface area contributed by atoms with Crippen LogP contribution >= 0.6 is 23.4 Å². The molecule has 0 bridgehead atoms. The van der Waals surface area contributed by atoms with E-state index in [2.05, 4.69) is 11.6 Å². The van der Waals surface area contributed by atoms with Crippen LogP contribution in [-0.4, -0.2) is 34.3 Å². The van der Waals surface area contributed by atoms with Gasteiger partial charge in [0.05, 0.1) is 33.6 Å². The van der Waals surface area contributed by atoms with Gasteiger partial charge in [0.2, 0.25) is 0 Å². The van der Waals surface area contributed by atoms with Gasteiger partial charge in [0.25, 0.3) is 5.92 Å². The van der Waals surface area contributed by atoms with Crippen molar-refractivity contribution in [2.45, 2.75) is 69.6 Å². The molecular formula is C30H35ClF2N2O3S. The summed E-state index contributed by atoms with van der Waals surface area (Å²) in [5.74, 6) is -3.14. The summed E-state index contributed by atoms with van der Waals surface area (Å²) in [4.78, 5) is 28.9. The fraction of sp³-hybridized carbons (Fsp3) is 0.500. The summed E-state index contributed by atoms with van der Waals surface area (Å²) < 4.78 is 35.4. The number of Topliss-reactive ketones (excluding diaryl/α,β-unsaturated/α-hetero) is 1. The summed E-state index contributed by atoms with van der Waals surface area (Å²) in [6, 6.07) is 1.68. The SMILES string of the molecule is C=CC(F)(F)C1=CC(c2ccoc2)=C[C@]2(C)C1=NC(C(=O)C1CCCC(N)(SCCC(C=O)CC)CC1)=C2Cl. The molecule has 1 aromatic rings. The van der Waals surface area contributed by atoms with Crippen molar-refractivity contribution in [3.8, 4) is 0 Å². The van der Waals surface area contributed by atoms with Crippen molar-refractivity contribution < 1.29 is 22.8 Å². The number of thioether (sulfide) groups is 1. The number of furan rings is 1. The summed E-state index contributed by atoms with van der Waals surface area (Å²) in [6.45, 7) is 7.02. The number of nitrogens with two attached hydrogens (primary N) is 1. The number of fused-ring (bicyclic) bond motifs is 1. The van der Waals surface area contributed by atoms with Crippen LogP contribution in [-0.2, 0) is 9.59 Å². The zero-order valence-electron chi connectivity index (χ0n) is 22.4. The van der Waals surface area contributed by atoms with Gasteiger partial charge in [-0.1, -0.05) is 37.6 Å². The topological polar surface area (TPSA) is 85.7 Å². The van der Waals surface area contributed by atoms with E-state index in [0.29, 0.717) is 36.5 Å². The average molecular weight is 577 g/mol. The molecule has 2 N–H and O–H groups in total. The molecule has 4 rings (SSSR count). The maximum atomic E-state index is 15.1. The normalized spacial score (nSPS) is 28.2. The number of hydrogen-bond donors (Lipinski definition) is 1. The largest absolute Gasteiger partial charge is 0.472 e. The van der Waals surface area contributed by atoms with Crippen molar-refractivity contribution in [3.63, 3.8) is 0 Å². The minimum absolute atomic E-state index is 0.0390. The zero-order chi connectivity index (χ0) is 28.4. The zero-order valence-corrected chi connectivity index (χ0v) is 23.9. The highest BCUT2D eigenvalue weighted by Crippen LogP contribution is 2.52. The molecule has 0 amide bonds. The quantitative estimate of drug-likeness (QED) is 0.128. The molecule has 1 fully saturated rings. The minimum atomic E-state index is -3.38. The van der Waals surface area contributed by atoms with Gasteiger partial charge in [-0.15, -0.1) is 11.8 Å². The van der Waals surface area contributed by atoms with Gasteiger partial charge in [0.15, 0.2) is 5.78 Å². The van der Waals surface area contributed by atoms with Crippen LogP contribution in [0, 0.1) is 17.3 Å². The van der Waals surface area contributed by atoms with Crippen LogP contribution < -0.4 is 5.73 Å². The molecule has 1 saturated carbocycles. The lowest BCUT2D eigenvalue weighted by Gasteiger charge is -2.32. The first-order valence-corrected chi connectivity index (χ1v) is 14.8. The van der Waals surface area contributed by atoms with E-state index in [-0.39, 0.29) is 39.6 Å². The molecule has 2 heterocycles. The maximum absolute atomic E-state index is 15.1. The Morgan fingerprint density at radius 2 is 2.18 bits per heavy atom. The van der Waals surface area contributed by atoms with Gasteiger partial charge in [0.1, 0.15) is 12.0 Å². The number of alkyl halides is 2. The number of nitrogens with zero attached hydrogens (tertiary/aromatic N) is 1. The van der Waals surface area contributed by atoms with Gasteiger partial charge in [-0.3, -0.25) is 4.79 Å². The molecule has 5 nitrogen and oxygen atoms in total. The van der Waals surface area contributed by atoms with Crippen molar-refractivity contribution in [2.24, 2.45) is 28.0 Å². The number of allylic oxidation sites excluding steroid dienone is 7. The molecule has 0 spiro atoms. The second-order valence-electron chi connectivity index (χ2n) is 10.8. The molecule has 4 atom stereocenters. The number of carbonyl (C=O) groups is 2. The van der Waals surface area contributed by atoms with E-state index in [1.807, 2.05) is 6.92 Å². The van der Waals surface area contributed by atoms with Crippen LogP contribution in [0.5, 0.6) is 0 Å². The Labute approximate surface area is 237 Å². The lowest BCUT2D eigenvalue weighted by molar-refractivity contribution is -0.119. The maximum Gasteiger partial charge on any atom is 0.293 e. The van der Waals surface area contributed by atoms with Crippen molar-refractivity contribution in [3.05, 3.63) is 65.3 Å². The number of aliphatic imine (C=N–C) groups is 1. The molecule has 0 radical (unpaired) electrons. The van der Waals surface area contributed by atoms with Gasteiger partial charge in [-0.25, -0.2) is 4.99 Å². The Morgan fingerprint density at radius 3 is 2.82 bits per heavy atom. The van der Waals surface area contributed by atoms with Crippen molar-refractivity contribution in [2.75, 3.05) is 5.75 Å². The van der Waals surface area contributed by atoms with Gasteiger partial charge >= 0.3 is 0 Å². The van der Waals surface area contributed by atoms with Gasteiger partial charge in [-0.05, 0) is 75.0 Å². The monoisotopic (exact) mass is 576 g/mol. The molecule has 39 heavy (non-hydrogen) atoms. The molecule has 0 saturated heterocycles. The number of halogens is 3. The highest BCUT2D eigenvalue weighted by Gasteiger charge is 2.50. The van der Waals surface area contributed by atoms with Crippen molar-refractivity contribution in [1.29, 1.82) is 0 Å². The lowest BCUT2D eigenvalue weighted by atomic mass is 9.73. The summed E-state index contributed by atoms with van der Waals surface area (Å²) in [5.41, 5.74) is 6.42. The molecule has 9 heteroatoms. The Bertz CT molecular complexity index is 1250. The Balaban J connectivity index is 1.57. The van der Waals surface area contributed by atoms with Crippen molar-refractivity contribution in [1.82, 2.24) is 0 Å². The fourth-order valence-electron chi connectivity index (χ4n) is 5.52. The molecule has 1 aliphatic heterocycles.